The molecule has 3 heterocycles. The molecular formula is C18H17ClN4OS. The Hall–Kier alpha value is -2.18. The number of nitrogens with one attached hydrogen (secondary N) is 1. The van der Waals surface area contributed by atoms with Crippen molar-refractivity contribution in [1.82, 2.24) is 15.3 Å². The van der Waals surface area contributed by atoms with Gasteiger partial charge in [0.15, 0.2) is 0 Å². The summed E-state index contributed by atoms with van der Waals surface area (Å²) in [6.07, 6.45) is 2.07. The monoisotopic (exact) mass is 372 g/mol. The predicted molar refractivity (Wildman–Crippen MR) is 102 cm³/mol. The largest absolute Gasteiger partial charge is 0.354 e. The van der Waals surface area contributed by atoms with Gasteiger partial charge in [-0.15, -0.1) is 11.3 Å². The highest BCUT2D eigenvalue weighted by molar-refractivity contribution is 7.17. The number of hydrogen-bond acceptors (Lipinski definition) is 5. The van der Waals surface area contributed by atoms with Crippen molar-refractivity contribution in [2.24, 2.45) is 0 Å². The van der Waals surface area contributed by atoms with Gasteiger partial charge in [0.25, 0.3) is 0 Å². The lowest BCUT2D eigenvalue weighted by atomic mass is 10.1. The summed E-state index contributed by atoms with van der Waals surface area (Å²) in [5, 5.41) is 6.79. The fourth-order valence-corrected chi connectivity index (χ4v) is 4.26. The Morgan fingerprint density at radius 3 is 2.88 bits per heavy atom. The van der Waals surface area contributed by atoms with E-state index < -0.39 is 0 Å². The van der Waals surface area contributed by atoms with Crippen molar-refractivity contribution in [2.75, 3.05) is 18.0 Å². The van der Waals surface area contributed by atoms with Crippen LogP contribution in [0.3, 0.4) is 0 Å². The lowest BCUT2D eigenvalue weighted by Crippen LogP contribution is -2.35. The van der Waals surface area contributed by atoms with E-state index in [4.69, 9.17) is 11.6 Å². The van der Waals surface area contributed by atoms with Crippen LogP contribution in [0.2, 0.25) is 5.02 Å². The first-order valence-electron chi connectivity index (χ1n) is 8.15. The molecule has 5 nitrogen and oxygen atoms in total. The summed E-state index contributed by atoms with van der Waals surface area (Å²) in [4.78, 5) is 24.0. The van der Waals surface area contributed by atoms with Crippen molar-refractivity contribution in [1.29, 1.82) is 0 Å². The molecule has 1 saturated heterocycles. The molecule has 4 rings (SSSR count). The second-order valence-corrected chi connectivity index (χ2v) is 7.42. The van der Waals surface area contributed by atoms with Crippen LogP contribution in [-0.2, 0) is 4.79 Å². The topological polar surface area (TPSA) is 58.1 Å². The second-order valence-electron chi connectivity index (χ2n) is 6.13. The molecule has 1 amide bonds. The van der Waals surface area contributed by atoms with Crippen molar-refractivity contribution in [3.8, 4) is 11.1 Å². The average Bonchev–Trinajstić information content (AvgIpc) is 2.96. The molecule has 1 aromatic carbocycles. The van der Waals surface area contributed by atoms with Gasteiger partial charge in [-0.2, -0.15) is 0 Å². The van der Waals surface area contributed by atoms with Gasteiger partial charge in [0.1, 0.15) is 17.0 Å². The number of benzene rings is 1. The summed E-state index contributed by atoms with van der Waals surface area (Å²) >= 11 is 7.63. The minimum absolute atomic E-state index is 0.0820. The quantitative estimate of drug-likeness (QED) is 0.744. The van der Waals surface area contributed by atoms with E-state index in [1.54, 1.807) is 17.7 Å². The average molecular weight is 373 g/mol. The van der Waals surface area contributed by atoms with E-state index in [-0.39, 0.29) is 11.9 Å². The third kappa shape index (κ3) is 3.07. The van der Waals surface area contributed by atoms with Gasteiger partial charge in [0, 0.05) is 41.5 Å². The molecule has 2 aromatic heterocycles. The van der Waals surface area contributed by atoms with Gasteiger partial charge < -0.3 is 10.2 Å². The molecule has 3 aromatic rings. The molecule has 1 aliphatic rings. The zero-order valence-corrected chi connectivity index (χ0v) is 15.3. The van der Waals surface area contributed by atoms with Gasteiger partial charge >= 0.3 is 0 Å². The van der Waals surface area contributed by atoms with Crippen LogP contribution < -0.4 is 10.2 Å². The Morgan fingerprint density at radius 1 is 1.28 bits per heavy atom. The lowest BCUT2D eigenvalue weighted by molar-refractivity contribution is -0.120. The smallest absolute Gasteiger partial charge is 0.222 e. The van der Waals surface area contributed by atoms with Crippen molar-refractivity contribution in [3.63, 3.8) is 0 Å². The number of nitrogens with zero attached hydrogens (tertiary/aromatic N) is 3. The number of carbonyl (C=O) groups excluding carboxylic acids is 1. The van der Waals surface area contributed by atoms with Crippen LogP contribution in [0.1, 0.15) is 13.3 Å². The standard InChI is InChI=1S/C18H17ClN4OS/c1-11-8-15(24)20-6-7-23(11)17-16-14(9-25-18(16)22-10-21-17)12-2-4-13(19)5-3-12/h2-5,9-11H,6-8H2,1H3,(H,20,24)/t11-/m1/s1. The molecule has 0 unspecified atom stereocenters. The molecule has 0 bridgehead atoms. The lowest BCUT2D eigenvalue weighted by Gasteiger charge is -2.28. The Morgan fingerprint density at radius 2 is 2.08 bits per heavy atom. The zero-order chi connectivity index (χ0) is 17.4. The van der Waals surface area contributed by atoms with Gasteiger partial charge in [-0.05, 0) is 24.6 Å². The van der Waals surface area contributed by atoms with Crippen LogP contribution in [0.15, 0.2) is 36.0 Å². The van der Waals surface area contributed by atoms with Gasteiger partial charge in [-0.1, -0.05) is 23.7 Å². The highest BCUT2D eigenvalue weighted by atomic mass is 35.5. The molecule has 1 aliphatic heterocycles. The Labute approximate surface area is 154 Å². The number of thiophene rings is 1. The second kappa shape index (κ2) is 6.61. The molecule has 0 aliphatic carbocycles. The third-order valence-corrected chi connectivity index (χ3v) is 5.60. The number of anilines is 1. The van der Waals surface area contributed by atoms with E-state index in [1.165, 1.54) is 0 Å². The maximum absolute atomic E-state index is 11.8. The summed E-state index contributed by atoms with van der Waals surface area (Å²) in [6.45, 7) is 3.41. The minimum atomic E-state index is 0.0820. The van der Waals surface area contributed by atoms with Crippen LogP contribution in [0.4, 0.5) is 5.82 Å². The minimum Gasteiger partial charge on any atom is -0.354 e. The number of hydrogen-bond donors (Lipinski definition) is 1. The van der Waals surface area contributed by atoms with Gasteiger partial charge in [0.2, 0.25) is 5.91 Å². The van der Waals surface area contributed by atoms with E-state index in [0.29, 0.717) is 18.0 Å². The van der Waals surface area contributed by atoms with Crippen molar-refractivity contribution in [3.05, 3.63) is 41.0 Å². The predicted octanol–water partition coefficient (Wildman–Crippen LogP) is 3.73. The van der Waals surface area contributed by atoms with Crippen LogP contribution in [0.25, 0.3) is 21.3 Å². The molecular weight excluding hydrogens is 356 g/mol. The van der Waals surface area contributed by atoms with Crippen LogP contribution in [0, 0.1) is 0 Å². The molecule has 25 heavy (non-hydrogen) atoms. The Kier molecular flexibility index (Phi) is 4.31. The fraction of sp³-hybridized carbons (Fsp3) is 0.278. The molecule has 7 heteroatoms. The van der Waals surface area contributed by atoms with Crippen molar-refractivity contribution < 1.29 is 4.79 Å². The van der Waals surface area contributed by atoms with Crippen LogP contribution >= 0.6 is 22.9 Å². The molecule has 1 fully saturated rings. The van der Waals surface area contributed by atoms with Crippen molar-refractivity contribution in [2.45, 2.75) is 19.4 Å². The molecule has 0 saturated carbocycles. The number of carbonyl (C=O) groups is 1. The first-order chi connectivity index (χ1) is 12.1. The normalized spacial score (nSPS) is 18.2. The van der Waals surface area contributed by atoms with E-state index in [1.807, 2.05) is 24.3 Å². The molecule has 1 atom stereocenters. The van der Waals surface area contributed by atoms with E-state index >= 15 is 0 Å². The number of aromatic nitrogens is 2. The highest BCUT2D eigenvalue weighted by Gasteiger charge is 2.25. The van der Waals surface area contributed by atoms with Crippen LogP contribution in [0.5, 0.6) is 0 Å². The number of amides is 1. The highest BCUT2D eigenvalue weighted by Crippen LogP contribution is 2.38. The maximum atomic E-state index is 11.8. The van der Waals surface area contributed by atoms with Crippen molar-refractivity contribution >= 4 is 44.9 Å². The summed E-state index contributed by atoms with van der Waals surface area (Å²) in [5.74, 6) is 0.976. The third-order valence-electron chi connectivity index (χ3n) is 4.47. The maximum Gasteiger partial charge on any atom is 0.222 e. The molecule has 0 radical (unpaired) electrons. The zero-order valence-electron chi connectivity index (χ0n) is 13.7. The number of rotatable bonds is 2. The summed E-state index contributed by atoms with van der Waals surface area (Å²) in [7, 11) is 0. The molecule has 0 spiro atoms. The van der Waals surface area contributed by atoms with E-state index in [0.717, 1.165) is 33.7 Å². The van der Waals surface area contributed by atoms with E-state index in [2.05, 4.69) is 32.5 Å². The summed E-state index contributed by atoms with van der Waals surface area (Å²) < 4.78 is 0. The van der Waals surface area contributed by atoms with E-state index in [9.17, 15) is 4.79 Å². The molecule has 1 N–H and O–H groups in total. The first-order valence-corrected chi connectivity index (χ1v) is 9.40. The first kappa shape index (κ1) is 16.3. The Bertz CT molecular complexity index is 924. The Balaban J connectivity index is 1.85. The summed E-state index contributed by atoms with van der Waals surface area (Å²) in [5.41, 5.74) is 2.19. The fourth-order valence-electron chi connectivity index (χ4n) is 3.22. The van der Waals surface area contributed by atoms with Crippen LogP contribution in [-0.4, -0.2) is 35.0 Å². The molecule has 128 valence electrons. The van der Waals surface area contributed by atoms with Gasteiger partial charge in [-0.3, -0.25) is 4.79 Å². The SMILES string of the molecule is C[C@@H]1CC(=O)NCCN1c1ncnc2scc(-c3ccc(Cl)cc3)c12. The number of fused-ring (bicyclic) bond motifs is 1. The number of halogens is 1. The summed E-state index contributed by atoms with van der Waals surface area (Å²) in [6, 6.07) is 7.88. The van der Waals surface area contributed by atoms with Gasteiger partial charge in [-0.25, -0.2) is 9.97 Å². The van der Waals surface area contributed by atoms with Gasteiger partial charge in [0.05, 0.1) is 5.39 Å².